The van der Waals surface area contributed by atoms with Crippen LogP contribution in [0, 0.1) is 5.82 Å². The number of pyridine rings is 1. The van der Waals surface area contributed by atoms with E-state index in [1.165, 1.54) is 18.3 Å². The Kier molecular flexibility index (Phi) is 3.97. The molecule has 2 aromatic rings. The van der Waals surface area contributed by atoms with E-state index >= 15 is 0 Å². The maximum absolute atomic E-state index is 13.5. The molecular weight excluding hydrogens is 269 g/mol. The first kappa shape index (κ1) is 13.3. The Bertz CT molecular complexity index is 619. The molecule has 0 saturated heterocycles. The van der Waals surface area contributed by atoms with Gasteiger partial charge in [-0.25, -0.2) is 4.39 Å². The summed E-state index contributed by atoms with van der Waals surface area (Å²) in [5.74, 6) is -1.08. The normalized spacial score (nSPS) is 10.1. The molecule has 1 heterocycles. The summed E-state index contributed by atoms with van der Waals surface area (Å²) >= 11 is 5.64. The maximum Gasteiger partial charge on any atom is 0.274 e. The average molecular weight is 280 g/mol. The van der Waals surface area contributed by atoms with E-state index in [1.54, 1.807) is 19.2 Å². The first-order valence-electron chi connectivity index (χ1n) is 5.50. The molecule has 0 radical (unpaired) electrons. The van der Waals surface area contributed by atoms with Crippen LogP contribution in [0.1, 0.15) is 10.5 Å². The lowest BCUT2D eigenvalue weighted by molar-refractivity contribution is 0.102. The molecular formula is C13H11ClFN3O. The Labute approximate surface area is 114 Å². The van der Waals surface area contributed by atoms with Gasteiger partial charge in [0, 0.05) is 24.0 Å². The largest absolute Gasteiger partial charge is 0.388 e. The number of benzene rings is 1. The second kappa shape index (κ2) is 5.67. The minimum Gasteiger partial charge on any atom is -0.388 e. The van der Waals surface area contributed by atoms with Crippen LogP contribution in [0.4, 0.5) is 15.8 Å². The SMILES string of the molecule is CNc1ccnc(C(=O)Nc2ccc(Cl)cc2F)c1. The number of carbonyl (C=O) groups is 1. The van der Waals surface area contributed by atoms with Crippen molar-refractivity contribution in [2.45, 2.75) is 0 Å². The zero-order valence-electron chi connectivity index (χ0n) is 10.1. The van der Waals surface area contributed by atoms with Crippen molar-refractivity contribution in [3.05, 3.63) is 53.1 Å². The summed E-state index contributed by atoms with van der Waals surface area (Å²) in [5, 5.41) is 5.60. The second-order valence-electron chi connectivity index (χ2n) is 3.76. The van der Waals surface area contributed by atoms with Crippen LogP contribution >= 0.6 is 11.6 Å². The predicted octanol–water partition coefficient (Wildman–Crippen LogP) is 3.17. The predicted molar refractivity (Wildman–Crippen MR) is 73.1 cm³/mol. The lowest BCUT2D eigenvalue weighted by atomic mass is 10.2. The molecule has 0 spiro atoms. The molecule has 1 amide bonds. The lowest BCUT2D eigenvalue weighted by Gasteiger charge is -2.07. The van der Waals surface area contributed by atoms with Gasteiger partial charge in [-0.1, -0.05) is 11.6 Å². The number of halogens is 2. The average Bonchev–Trinajstić information content (AvgIpc) is 2.42. The van der Waals surface area contributed by atoms with Crippen molar-refractivity contribution >= 4 is 28.9 Å². The fraction of sp³-hybridized carbons (Fsp3) is 0.0769. The van der Waals surface area contributed by atoms with Crippen LogP contribution in [0.25, 0.3) is 0 Å². The molecule has 0 fully saturated rings. The summed E-state index contributed by atoms with van der Waals surface area (Å²) in [6.07, 6.45) is 1.50. The van der Waals surface area contributed by atoms with Gasteiger partial charge < -0.3 is 10.6 Å². The molecule has 0 aliphatic heterocycles. The molecule has 1 aromatic heterocycles. The Morgan fingerprint density at radius 2 is 2.11 bits per heavy atom. The highest BCUT2D eigenvalue weighted by molar-refractivity contribution is 6.30. The van der Waals surface area contributed by atoms with Gasteiger partial charge in [0.2, 0.25) is 0 Å². The minimum absolute atomic E-state index is 0.0612. The third-order valence-corrected chi connectivity index (χ3v) is 2.70. The number of nitrogens with one attached hydrogen (secondary N) is 2. The summed E-state index contributed by atoms with van der Waals surface area (Å²) in [7, 11) is 1.73. The molecule has 6 heteroatoms. The number of carbonyl (C=O) groups excluding carboxylic acids is 1. The van der Waals surface area contributed by atoms with E-state index in [-0.39, 0.29) is 16.4 Å². The van der Waals surface area contributed by atoms with Crippen LogP contribution < -0.4 is 10.6 Å². The Morgan fingerprint density at radius 1 is 1.32 bits per heavy atom. The van der Waals surface area contributed by atoms with E-state index in [9.17, 15) is 9.18 Å². The van der Waals surface area contributed by atoms with E-state index in [2.05, 4.69) is 15.6 Å². The van der Waals surface area contributed by atoms with E-state index < -0.39 is 11.7 Å². The topological polar surface area (TPSA) is 54.0 Å². The zero-order valence-corrected chi connectivity index (χ0v) is 10.8. The Morgan fingerprint density at radius 3 is 2.79 bits per heavy atom. The van der Waals surface area contributed by atoms with Gasteiger partial charge in [0.15, 0.2) is 0 Å². The molecule has 1 aromatic carbocycles. The van der Waals surface area contributed by atoms with Crippen LogP contribution in [-0.2, 0) is 0 Å². The van der Waals surface area contributed by atoms with Crippen molar-refractivity contribution in [3.63, 3.8) is 0 Å². The highest BCUT2D eigenvalue weighted by Crippen LogP contribution is 2.19. The number of nitrogens with zero attached hydrogens (tertiary/aromatic N) is 1. The highest BCUT2D eigenvalue weighted by Gasteiger charge is 2.11. The maximum atomic E-state index is 13.5. The van der Waals surface area contributed by atoms with Crippen molar-refractivity contribution in [2.24, 2.45) is 0 Å². The van der Waals surface area contributed by atoms with Crippen LogP contribution in [0.15, 0.2) is 36.5 Å². The molecule has 19 heavy (non-hydrogen) atoms. The molecule has 0 bridgehead atoms. The van der Waals surface area contributed by atoms with Crippen LogP contribution in [0.3, 0.4) is 0 Å². The van der Waals surface area contributed by atoms with Crippen molar-refractivity contribution in [3.8, 4) is 0 Å². The van der Waals surface area contributed by atoms with Crippen molar-refractivity contribution in [2.75, 3.05) is 17.7 Å². The quantitative estimate of drug-likeness (QED) is 0.907. The molecule has 0 atom stereocenters. The van der Waals surface area contributed by atoms with Crippen molar-refractivity contribution in [1.29, 1.82) is 0 Å². The molecule has 2 rings (SSSR count). The van der Waals surface area contributed by atoms with Gasteiger partial charge in [-0.15, -0.1) is 0 Å². The van der Waals surface area contributed by atoms with Gasteiger partial charge in [0.25, 0.3) is 5.91 Å². The molecule has 2 N–H and O–H groups in total. The minimum atomic E-state index is -0.592. The number of hydrogen-bond donors (Lipinski definition) is 2. The molecule has 4 nitrogen and oxygen atoms in total. The third-order valence-electron chi connectivity index (χ3n) is 2.46. The van der Waals surface area contributed by atoms with Gasteiger partial charge in [0.05, 0.1) is 5.69 Å². The molecule has 0 unspecified atom stereocenters. The van der Waals surface area contributed by atoms with Crippen molar-refractivity contribution in [1.82, 2.24) is 4.98 Å². The summed E-state index contributed by atoms with van der Waals surface area (Å²) < 4.78 is 13.5. The van der Waals surface area contributed by atoms with Crippen molar-refractivity contribution < 1.29 is 9.18 Å². The molecule has 0 aliphatic rings. The van der Waals surface area contributed by atoms with Crippen LogP contribution in [0.2, 0.25) is 5.02 Å². The highest BCUT2D eigenvalue weighted by atomic mass is 35.5. The van der Waals surface area contributed by atoms with Gasteiger partial charge in [-0.2, -0.15) is 0 Å². The lowest BCUT2D eigenvalue weighted by Crippen LogP contribution is -2.14. The third kappa shape index (κ3) is 3.20. The first-order valence-corrected chi connectivity index (χ1v) is 5.88. The molecule has 98 valence electrons. The van der Waals surface area contributed by atoms with Gasteiger partial charge in [0.1, 0.15) is 11.5 Å². The number of hydrogen-bond acceptors (Lipinski definition) is 3. The van der Waals surface area contributed by atoms with E-state index in [0.717, 1.165) is 11.8 Å². The number of aromatic nitrogens is 1. The zero-order chi connectivity index (χ0) is 13.8. The second-order valence-corrected chi connectivity index (χ2v) is 4.19. The number of anilines is 2. The van der Waals surface area contributed by atoms with Gasteiger partial charge in [-0.3, -0.25) is 9.78 Å². The number of amides is 1. The van der Waals surface area contributed by atoms with Gasteiger partial charge >= 0.3 is 0 Å². The van der Waals surface area contributed by atoms with Crippen LogP contribution in [0.5, 0.6) is 0 Å². The summed E-state index contributed by atoms with van der Waals surface area (Å²) in [6.45, 7) is 0. The van der Waals surface area contributed by atoms with Crippen LogP contribution in [-0.4, -0.2) is 17.9 Å². The fourth-order valence-electron chi connectivity index (χ4n) is 1.49. The summed E-state index contributed by atoms with van der Waals surface area (Å²) in [4.78, 5) is 15.8. The molecule has 0 aliphatic carbocycles. The monoisotopic (exact) mass is 279 g/mol. The Balaban J connectivity index is 2.20. The molecule has 0 saturated carbocycles. The number of rotatable bonds is 3. The van der Waals surface area contributed by atoms with E-state index in [0.29, 0.717) is 0 Å². The van der Waals surface area contributed by atoms with E-state index in [1.807, 2.05) is 0 Å². The van der Waals surface area contributed by atoms with E-state index in [4.69, 9.17) is 11.6 Å². The van der Waals surface area contributed by atoms with Gasteiger partial charge in [-0.05, 0) is 30.3 Å². The summed E-state index contributed by atoms with van der Waals surface area (Å²) in [6, 6.07) is 7.33. The summed E-state index contributed by atoms with van der Waals surface area (Å²) in [5.41, 5.74) is 1.00. The smallest absolute Gasteiger partial charge is 0.274 e. The standard InChI is InChI=1S/C13H11ClFN3O/c1-16-9-4-5-17-12(7-9)13(19)18-11-3-2-8(14)6-10(11)15/h2-7H,1H3,(H,16,17)(H,18,19). The Hall–Kier alpha value is -2.14. The fourth-order valence-corrected chi connectivity index (χ4v) is 1.65. The first-order chi connectivity index (χ1) is 9.10.